The van der Waals surface area contributed by atoms with E-state index in [4.69, 9.17) is 0 Å². The number of hydrogen-bond acceptors (Lipinski definition) is 3. The van der Waals surface area contributed by atoms with E-state index in [-0.39, 0.29) is 11.7 Å². The third-order valence-corrected chi connectivity index (χ3v) is 1.57. The van der Waals surface area contributed by atoms with E-state index >= 15 is 0 Å². The minimum absolute atomic E-state index is 0.118. The number of amides is 1. The molecule has 0 fully saturated rings. The van der Waals surface area contributed by atoms with Crippen molar-refractivity contribution >= 4 is 11.7 Å². The molecule has 1 amide bonds. The molecule has 1 N–H and O–H groups in total. The van der Waals surface area contributed by atoms with Crippen LogP contribution in [0.5, 0.6) is 0 Å². The van der Waals surface area contributed by atoms with Crippen LogP contribution in [0, 0.1) is 0 Å². The number of nitrogens with zero attached hydrogens (tertiary/aromatic N) is 1. The third-order valence-electron chi connectivity index (χ3n) is 1.57. The van der Waals surface area contributed by atoms with Gasteiger partial charge in [0, 0.05) is 38.5 Å². The van der Waals surface area contributed by atoms with Gasteiger partial charge in [-0.2, -0.15) is 0 Å². The fourth-order valence-corrected chi connectivity index (χ4v) is 1.01. The second kappa shape index (κ2) is 3.89. The molecule has 0 saturated heterocycles. The van der Waals surface area contributed by atoms with Crippen molar-refractivity contribution in [3.63, 3.8) is 0 Å². The summed E-state index contributed by atoms with van der Waals surface area (Å²) in [5.74, 6) is -0.345. The van der Waals surface area contributed by atoms with E-state index in [0.29, 0.717) is 12.1 Å². The summed E-state index contributed by atoms with van der Waals surface area (Å²) in [6.45, 7) is 0.294. The van der Waals surface area contributed by atoms with Crippen molar-refractivity contribution in [2.45, 2.75) is 0 Å². The highest BCUT2D eigenvalue weighted by atomic mass is 16.2. The van der Waals surface area contributed by atoms with Crippen molar-refractivity contribution in [2.24, 2.45) is 0 Å². The summed E-state index contributed by atoms with van der Waals surface area (Å²) in [5, 5.41) is 2.59. The number of carbonyl (C=O) groups excluding carboxylic acids is 2. The summed E-state index contributed by atoms with van der Waals surface area (Å²) in [6, 6.07) is 0. The van der Waals surface area contributed by atoms with E-state index in [1.165, 1.54) is 12.2 Å². The van der Waals surface area contributed by atoms with E-state index in [2.05, 4.69) is 5.32 Å². The van der Waals surface area contributed by atoms with Gasteiger partial charge < -0.3 is 10.2 Å². The Hall–Kier alpha value is -1.58. The standard InChI is InChI=1S/C9H12N2O2/c1-11(2)6-7-5-10-9(13)4-3-8(7)12/h3-4,6H,5H2,1-2H3,(H,10,13)/b7-6+. The van der Waals surface area contributed by atoms with Gasteiger partial charge in [0.15, 0.2) is 5.78 Å². The second-order valence-corrected chi connectivity index (χ2v) is 3.03. The van der Waals surface area contributed by atoms with Gasteiger partial charge in [-0.3, -0.25) is 9.59 Å². The molecule has 0 atom stereocenters. The lowest BCUT2D eigenvalue weighted by Gasteiger charge is -2.08. The quantitative estimate of drug-likeness (QED) is 0.563. The first-order chi connectivity index (χ1) is 6.09. The van der Waals surface area contributed by atoms with Crippen molar-refractivity contribution in [1.29, 1.82) is 0 Å². The first-order valence-corrected chi connectivity index (χ1v) is 3.97. The summed E-state index contributed by atoms with van der Waals surface area (Å²) in [7, 11) is 3.66. The van der Waals surface area contributed by atoms with Crippen LogP contribution >= 0.6 is 0 Å². The van der Waals surface area contributed by atoms with Crippen LogP contribution in [-0.2, 0) is 9.59 Å². The van der Waals surface area contributed by atoms with E-state index in [1.807, 2.05) is 14.1 Å². The van der Waals surface area contributed by atoms with E-state index in [9.17, 15) is 9.59 Å². The van der Waals surface area contributed by atoms with Crippen molar-refractivity contribution in [3.05, 3.63) is 23.9 Å². The molecule has 4 heteroatoms. The van der Waals surface area contributed by atoms with Gasteiger partial charge in [-0.15, -0.1) is 0 Å². The number of carbonyl (C=O) groups is 2. The maximum atomic E-state index is 11.3. The smallest absolute Gasteiger partial charge is 0.244 e. The molecule has 13 heavy (non-hydrogen) atoms. The van der Waals surface area contributed by atoms with Crippen LogP contribution in [-0.4, -0.2) is 37.2 Å². The molecular formula is C9H12N2O2. The molecule has 0 bridgehead atoms. The van der Waals surface area contributed by atoms with Gasteiger partial charge >= 0.3 is 0 Å². The number of hydrogen-bond donors (Lipinski definition) is 1. The van der Waals surface area contributed by atoms with Gasteiger partial charge in [0.05, 0.1) is 0 Å². The van der Waals surface area contributed by atoms with Crippen LogP contribution in [0.3, 0.4) is 0 Å². The Balaban J connectivity index is 2.83. The topological polar surface area (TPSA) is 49.4 Å². The monoisotopic (exact) mass is 180 g/mol. The van der Waals surface area contributed by atoms with Crippen LogP contribution in [0.25, 0.3) is 0 Å². The summed E-state index contributed by atoms with van der Waals surface area (Å²) in [6.07, 6.45) is 4.24. The number of allylic oxidation sites excluding steroid dienone is 1. The lowest BCUT2D eigenvalue weighted by molar-refractivity contribution is -0.116. The van der Waals surface area contributed by atoms with E-state index in [1.54, 1.807) is 11.1 Å². The molecule has 1 aliphatic heterocycles. The first-order valence-electron chi connectivity index (χ1n) is 3.97. The highest BCUT2D eigenvalue weighted by Gasteiger charge is 2.11. The van der Waals surface area contributed by atoms with Crippen molar-refractivity contribution in [3.8, 4) is 0 Å². The van der Waals surface area contributed by atoms with E-state index in [0.717, 1.165) is 0 Å². The average Bonchev–Trinajstić information content (AvgIpc) is 2.19. The Kier molecular flexibility index (Phi) is 2.84. The molecular weight excluding hydrogens is 168 g/mol. The molecule has 1 heterocycles. The molecule has 0 spiro atoms. The molecule has 0 aliphatic carbocycles. The Bertz CT molecular complexity index is 290. The molecule has 70 valence electrons. The lowest BCUT2D eigenvalue weighted by Crippen LogP contribution is -2.23. The van der Waals surface area contributed by atoms with Crippen LogP contribution in [0.2, 0.25) is 0 Å². The van der Waals surface area contributed by atoms with Gasteiger partial charge in [0.1, 0.15) is 0 Å². The first kappa shape index (κ1) is 9.51. The second-order valence-electron chi connectivity index (χ2n) is 3.03. The van der Waals surface area contributed by atoms with Gasteiger partial charge in [-0.1, -0.05) is 0 Å². The summed E-state index contributed by atoms with van der Waals surface area (Å²) < 4.78 is 0. The lowest BCUT2D eigenvalue weighted by atomic mass is 10.2. The third kappa shape index (κ3) is 2.74. The fraction of sp³-hybridized carbons (Fsp3) is 0.333. The van der Waals surface area contributed by atoms with Gasteiger partial charge in [0.2, 0.25) is 5.91 Å². The summed E-state index contributed by atoms with van der Waals surface area (Å²) >= 11 is 0. The number of rotatable bonds is 1. The largest absolute Gasteiger partial charge is 0.383 e. The minimum atomic E-state index is -0.226. The van der Waals surface area contributed by atoms with Gasteiger partial charge in [-0.05, 0) is 6.08 Å². The van der Waals surface area contributed by atoms with Crippen LogP contribution in [0.15, 0.2) is 23.9 Å². The molecule has 0 aromatic rings. The molecule has 1 rings (SSSR count). The Morgan fingerprint density at radius 1 is 1.38 bits per heavy atom. The summed E-state index contributed by atoms with van der Waals surface area (Å²) in [4.78, 5) is 24.0. The molecule has 1 aliphatic rings. The fourth-order valence-electron chi connectivity index (χ4n) is 1.01. The molecule has 4 nitrogen and oxygen atoms in total. The number of ketones is 1. The zero-order valence-electron chi connectivity index (χ0n) is 7.70. The minimum Gasteiger partial charge on any atom is -0.383 e. The normalized spacial score (nSPS) is 20.0. The zero-order valence-corrected chi connectivity index (χ0v) is 7.70. The average molecular weight is 180 g/mol. The highest BCUT2D eigenvalue weighted by molar-refractivity contribution is 6.09. The molecule has 0 aromatic heterocycles. The van der Waals surface area contributed by atoms with Crippen LogP contribution in [0.1, 0.15) is 0 Å². The molecule has 0 radical (unpaired) electrons. The van der Waals surface area contributed by atoms with Crippen LogP contribution in [0.4, 0.5) is 0 Å². The molecule has 0 unspecified atom stereocenters. The summed E-state index contributed by atoms with van der Waals surface area (Å²) in [5.41, 5.74) is 0.590. The van der Waals surface area contributed by atoms with Crippen LogP contribution < -0.4 is 5.32 Å². The predicted molar refractivity (Wildman–Crippen MR) is 48.9 cm³/mol. The highest BCUT2D eigenvalue weighted by Crippen LogP contribution is 2.01. The maximum Gasteiger partial charge on any atom is 0.244 e. The predicted octanol–water partition coefficient (Wildman–Crippen LogP) is -0.313. The Labute approximate surface area is 76.9 Å². The molecule has 0 aromatic carbocycles. The van der Waals surface area contributed by atoms with Gasteiger partial charge in [-0.25, -0.2) is 0 Å². The Morgan fingerprint density at radius 3 is 2.69 bits per heavy atom. The maximum absolute atomic E-state index is 11.3. The SMILES string of the molecule is CN(C)/C=C1\CNC(=O)C=CC1=O. The van der Waals surface area contributed by atoms with Gasteiger partial charge in [0.25, 0.3) is 0 Å². The van der Waals surface area contributed by atoms with Crippen molar-refractivity contribution in [1.82, 2.24) is 10.2 Å². The Morgan fingerprint density at radius 2 is 2.08 bits per heavy atom. The van der Waals surface area contributed by atoms with Crippen molar-refractivity contribution < 1.29 is 9.59 Å². The van der Waals surface area contributed by atoms with Crippen molar-refractivity contribution in [2.75, 3.05) is 20.6 Å². The van der Waals surface area contributed by atoms with E-state index < -0.39 is 0 Å². The number of nitrogens with one attached hydrogen (secondary N) is 1. The molecule has 0 saturated carbocycles. The zero-order chi connectivity index (χ0) is 9.84.